The van der Waals surface area contributed by atoms with Crippen LogP contribution in [0.25, 0.3) is 0 Å². The second-order valence-electron chi connectivity index (χ2n) is 11.7. The molecule has 204 valence electrons. The Bertz CT molecular complexity index is 915. The molecule has 0 saturated carbocycles. The van der Waals surface area contributed by atoms with Gasteiger partial charge in [-0.15, -0.1) is 5.10 Å². The highest BCUT2D eigenvalue weighted by atomic mass is 16.7. The first-order valence-corrected chi connectivity index (χ1v) is 12.2. The third kappa shape index (κ3) is 8.11. The maximum Gasteiger partial charge on any atom is 0.502 e. The lowest BCUT2D eigenvalue weighted by atomic mass is 9.79. The van der Waals surface area contributed by atoms with Gasteiger partial charge in [-0.1, -0.05) is 0 Å². The summed E-state index contributed by atoms with van der Waals surface area (Å²) >= 11 is 0. The molecule has 0 atom stereocenters. The molecule has 2 rings (SSSR count). The number of carbonyl (C=O) groups is 2. The standard InChI is InChI=1S/C24H42BN3O8/c1-16-17(25-35-23(8,9)24(10,11)36-25)18(27-28(16)20(30)34-22(5,6)7)32-15-14-31-13-12-26-19(29)33-21(2,3)4/h12-15H2,1-11H3,(H,26,29). The quantitative estimate of drug-likeness (QED) is 0.415. The molecular weight excluding hydrogens is 469 g/mol. The van der Waals surface area contributed by atoms with Gasteiger partial charge in [-0.25, -0.2) is 9.59 Å². The van der Waals surface area contributed by atoms with E-state index in [1.165, 1.54) is 0 Å². The highest BCUT2D eigenvalue weighted by Gasteiger charge is 2.54. The molecule has 1 aromatic heterocycles. The van der Waals surface area contributed by atoms with Crippen molar-refractivity contribution >= 4 is 24.8 Å². The van der Waals surface area contributed by atoms with Crippen LogP contribution in [0.1, 0.15) is 74.9 Å². The average Bonchev–Trinajstić information content (AvgIpc) is 3.10. The molecule has 0 aromatic carbocycles. The minimum Gasteiger partial charge on any atom is -0.474 e. The van der Waals surface area contributed by atoms with Crippen LogP contribution in [0, 0.1) is 6.92 Å². The van der Waals surface area contributed by atoms with E-state index in [4.69, 9.17) is 28.3 Å². The number of aromatic nitrogens is 2. The molecule has 0 spiro atoms. The van der Waals surface area contributed by atoms with E-state index in [-0.39, 0.29) is 25.7 Å². The van der Waals surface area contributed by atoms with E-state index >= 15 is 0 Å². The fourth-order valence-electron chi connectivity index (χ4n) is 3.15. The molecule has 0 unspecified atom stereocenters. The SMILES string of the molecule is Cc1c(B2OC(C)(C)C(C)(C)O2)c(OCCOCCNC(=O)OC(C)(C)C)nn1C(=O)OC(C)(C)C. The first kappa shape index (κ1) is 29.9. The van der Waals surface area contributed by atoms with E-state index in [0.29, 0.717) is 17.7 Å². The monoisotopic (exact) mass is 511 g/mol. The van der Waals surface area contributed by atoms with Gasteiger partial charge < -0.3 is 33.6 Å². The van der Waals surface area contributed by atoms with Gasteiger partial charge in [0.1, 0.15) is 17.8 Å². The van der Waals surface area contributed by atoms with Crippen LogP contribution in [0.15, 0.2) is 0 Å². The lowest BCUT2D eigenvalue weighted by molar-refractivity contribution is 0.00578. The highest BCUT2D eigenvalue weighted by Crippen LogP contribution is 2.37. The molecule has 1 aliphatic heterocycles. The van der Waals surface area contributed by atoms with Crippen LogP contribution in [-0.2, 0) is 23.5 Å². The molecule has 11 nitrogen and oxygen atoms in total. The molecule has 12 heteroatoms. The second-order valence-corrected chi connectivity index (χ2v) is 11.7. The Morgan fingerprint density at radius 3 is 2.03 bits per heavy atom. The largest absolute Gasteiger partial charge is 0.502 e. The number of hydrogen-bond donors (Lipinski definition) is 1. The van der Waals surface area contributed by atoms with Crippen molar-refractivity contribution in [2.75, 3.05) is 26.4 Å². The number of carbonyl (C=O) groups excluding carboxylic acids is 2. The van der Waals surface area contributed by atoms with Crippen molar-refractivity contribution < 1.29 is 37.8 Å². The molecule has 0 radical (unpaired) electrons. The van der Waals surface area contributed by atoms with Gasteiger partial charge >= 0.3 is 19.3 Å². The average molecular weight is 511 g/mol. The summed E-state index contributed by atoms with van der Waals surface area (Å²) in [6, 6.07) is 0. The van der Waals surface area contributed by atoms with Crippen LogP contribution < -0.4 is 15.5 Å². The van der Waals surface area contributed by atoms with Crippen LogP contribution in [0.4, 0.5) is 9.59 Å². The van der Waals surface area contributed by atoms with E-state index in [0.717, 1.165) is 4.68 Å². The third-order valence-electron chi connectivity index (χ3n) is 5.57. The second kappa shape index (κ2) is 11.0. The van der Waals surface area contributed by atoms with Crippen LogP contribution in [0.5, 0.6) is 5.88 Å². The maximum absolute atomic E-state index is 12.8. The fraction of sp³-hybridized carbons (Fsp3) is 0.792. The molecule has 1 saturated heterocycles. The number of nitrogens with zero attached hydrogens (tertiary/aromatic N) is 2. The Balaban J connectivity index is 2.04. The Labute approximate surface area is 214 Å². The van der Waals surface area contributed by atoms with Gasteiger partial charge in [-0.2, -0.15) is 4.68 Å². The zero-order chi connectivity index (χ0) is 27.5. The van der Waals surface area contributed by atoms with E-state index < -0.39 is 41.7 Å². The van der Waals surface area contributed by atoms with E-state index in [2.05, 4.69) is 10.4 Å². The van der Waals surface area contributed by atoms with Gasteiger partial charge in [0.25, 0.3) is 0 Å². The van der Waals surface area contributed by atoms with Crippen molar-refractivity contribution in [3.8, 4) is 5.88 Å². The van der Waals surface area contributed by atoms with Crippen LogP contribution in [0.2, 0.25) is 0 Å². The lowest BCUT2D eigenvalue weighted by Crippen LogP contribution is -2.41. The summed E-state index contributed by atoms with van der Waals surface area (Å²) in [6.07, 6.45) is -1.13. The number of amides is 1. The zero-order valence-electron chi connectivity index (χ0n) is 23.6. The number of hydrogen-bond acceptors (Lipinski definition) is 9. The number of ether oxygens (including phenoxy) is 4. The molecule has 1 fully saturated rings. The van der Waals surface area contributed by atoms with Gasteiger partial charge in [0, 0.05) is 6.54 Å². The smallest absolute Gasteiger partial charge is 0.474 e. The summed E-state index contributed by atoms with van der Waals surface area (Å²) in [5.41, 5.74) is -1.40. The van der Waals surface area contributed by atoms with Gasteiger partial charge in [0.2, 0.25) is 5.88 Å². The number of nitrogens with one attached hydrogen (secondary N) is 1. The fourth-order valence-corrected chi connectivity index (χ4v) is 3.15. The Kier molecular flexibility index (Phi) is 9.13. The summed E-state index contributed by atoms with van der Waals surface area (Å²) < 4.78 is 35.6. The van der Waals surface area contributed by atoms with Gasteiger partial charge in [-0.05, 0) is 76.2 Å². The Morgan fingerprint density at radius 2 is 1.50 bits per heavy atom. The molecule has 1 N–H and O–H groups in total. The zero-order valence-corrected chi connectivity index (χ0v) is 23.6. The molecule has 0 aliphatic carbocycles. The van der Waals surface area contributed by atoms with Gasteiger partial charge in [0.15, 0.2) is 0 Å². The summed E-state index contributed by atoms with van der Waals surface area (Å²) in [6.45, 7) is 21.2. The first-order valence-electron chi connectivity index (χ1n) is 12.2. The normalized spacial score (nSPS) is 17.1. The number of rotatable bonds is 8. The summed E-state index contributed by atoms with van der Waals surface area (Å²) in [4.78, 5) is 24.5. The lowest BCUT2D eigenvalue weighted by Gasteiger charge is -2.32. The minimum atomic E-state index is -0.778. The molecule has 0 bridgehead atoms. The Morgan fingerprint density at radius 1 is 0.944 bits per heavy atom. The summed E-state index contributed by atoms with van der Waals surface area (Å²) in [5.74, 6) is 0.201. The van der Waals surface area contributed by atoms with Crippen LogP contribution >= 0.6 is 0 Å². The molecule has 1 aromatic rings. The van der Waals surface area contributed by atoms with Gasteiger partial charge in [-0.3, -0.25) is 0 Å². The maximum atomic E-state index is 12.8. The van der Waals surface area contributed by atoms with Crippen molar-refractivity contribution in [3.63, 3.8) is 0 Å². The van der Waals surface area contributed by atoms with Crippen LogP contribution in [-0.4, -0.2) is 77.9 Å². The van der Waals surface area contributed by atoms with Crippen molar-refractivity contribution in [1.82, 2.24) is 15.1 Å². The molecule has 1 amide bonds. The molecule has 36 heavy (non-hydrogen) atoms. The predicted octanol–water partition coefficient (Wildman–Crippen LogP) is 3.19. The van der Waals surface area contributed by atoms with Crippen molar-refractivity contribution in [2.24, 2.45) is 0 Å². The van der Waals surface area contributed by atoms with E-state index in [9.17, 15) is 9.59 Å². The summed E-state index contributed by atoms with van der Waals surface area (Å²) in [5, 5.41) is 6.98. The number of alkyl carbamates (subject to hydrolysis) is 1. The van der Waals surface area contributed by atoms with Crippen molar-refractivity contribution in [3.05, 3.63) is 5.69 Å². The first-order chi connectivity index (χ1) is 16.3. The highest BCUT2D eigenvalue weighted by molar-refractivity contribution is 6.63. The molecule has 2 heterocycles. The van der Waals surface area contributed by atoms with Crippen molar-refractivity contribution in [2.45, 2.75) is 98.6 Å². The van der Waals surface area contributed by atoms with E-state index in [1.54, 1.807) is 48.5 Å². The predicted molar refractivity (Wildman–Crippen MR) is 135 cm³/mol. The summed E-state index contributed by atoms with van der Waals surface area (Å²) in [7, 11) is -0.778. The minimum absolute atomic E-state index is 0.156. The molecular formula is C24H42BN3O8. The Hall–Kier alpha value is -2.31. The van der Waals surface area contributed by atoms with E-state index in [1.807, 2.05) is 27.7 Å². The third-order valence-corrected chi connectivity index (χ3v) is 5.57. The molecule has 1 aliphatic rings. The van der Waals surface area contributed by atoms with Crippen LogP contribution in [0.3, 0.4) is 0 Å². The van der Waals surface area contributed by atoms with Gasteiger partial charge in [0.05, 0.1) is 35.6 Å². The topological polar surface area (TPSA) is 119 Å². The van der Waals surface area contributed by atoms with Crippen molar-refractivity contribution in [1.29, 1.82) is 0 Å².